The van der Waals surface area contributed by atoms with Gasteiger partial charge in [0.1, 0.15) is 11.4 Å². The first-order valence-electron chi connectivity index (χ1n) is 11.6. The molecule has 0 spiro atoms. The van der Waals surface area contributed by atoms with Gasteiger partial charge in [0.15, 0.2) is 0 Å². The van der Waals surface area contributed by atoms with Crippen LogP contribution in [0, 0.1) is 0 Å². The molecule has 0 atom stereocenters. The van der Waals surface area contributed by atoms with E-state index >= 15 is 0 Å². The molecule has 162 valence electrons. The zero-order valence-corrected chi connectivity index (χ0v) is 18.1. The van der Waals surface area contributed by atoms with E-state index in [2.05, 4.69) is 17.1 Å². The van der Waals surface area contributed by atoms with E-state index < -0.39 is 5.60 Å². The van der Waals surface area contributed by atoms with Gasteiger partial charge in [-0.1, -0.05) is 32.6 Å². The van der Waals surface area contributed by atoms with Gasteiger partial charge in [-0.15, -0.1) is 0 Å². The Balaban J connectivity index is 1.48. The van der Waals surface area contributed by atoms with Crippen LogP contribution in [0.5, 0.6) is 5.75 Å². The molecule has 1 saturated heterocycles. The number of carbonyl (C=O) groups excluding carboxylic acids is 1. The highest BCUT2D eigenvalue weighted by Crippen LogP contribution is 2.32. The molecule has 3 rings (SSSR count). The third kappa shape index (κ3) is 6.71. The van der Waals surface area contributed by atoms with Crippen molar-refractivity contribution < 1.29 is 14.3 Å². The number of hydrogen-bond donors (Lipinski definition) is 1. The van der Waals surface area contributed by atoms with Gasteiger partial charge >= 0.3 is 0 Å². The minimum Gasteiger partial charge on any atom is -0.494 e. The zero-order valence-electron chi connectivity index (χ0n) is 18.1. The molecule has 1 aromatic carbocycles. The Kier molecular flexibility index (Phi) is 8.81. The highest BCUT2D eigenvalue weighted by Gasteiger charge is 2.39. The molecule has 2 aliphatic rings. The molecule has 1 amide bonds. The number of hydrogen-bond acceptors (Lipinski definition) is 4. The van der Waals surface area contributed by atoms with Crippen LogP contribution in [0.25, 0.3) is 0 Å². The van der Waals surface area contributed by atoms with E-state index in [0.717, 1.165) is 63.1 Å². The number of nitrogens with zero attached hydrogens (tertiary/aromatic N) is 1. The molecule has 0 bridgehead atoms. The summed E-state index contributed by atoms with van der Waals surface area (Å²) in [4.78, 5) is 15.6. The molecule has 1 heterocycles. The van der Waals surface area contributed by atoms with Crippen molar-refractivity contribution in [1.82, 2.24) is 4.90 Å². The second-order valence-electron chi connectivity index (χ2n) is 8.49. The second-order valence-corrected chi connectivity index (χ2v) is 8.49. The summed E-state index contributed by atoms with van der Waals surface area (Å²) < 4.78 is 12.0. The molecule has 29 heavy (non-hydrogen) atoms. The van der Waals surface area contributed by atoms with Crippen LogP contribution in [0.4, 0.5) is 5.69 Å². The molecule has 5 heteroatoms. The molecule has 0 unspecified atom stereocenters. The molecule has 5 nitrogen and oxygen atoms in total. The van der Waals surface area contributed by atoms with Gasteiger partial charge < -0.3 is 19.7 Å². The van der Waals surface area contributed by atoms with Crippen LogP contribution in [-0.4, -0.2) is 49.3 Å². The van der Waals surface area contributed by atoms with E-state index in [1.807, 2.05) is 24.3 Å². The smallest absolute Gasteiger partial charge is 0.256 e. The van der Waals surface area contributed by atoms with Gasteiger partial charge in [0.05, 0.1) is 6.61 Å². The Hall–Kier alpha value is -1.59. The summed E-state index contributed by atoms with van der Waals surface area (Å²) >= 11 is 0. The van der Waals surface area contributed by atoms with Crippen LogP contribution in [0.3, 0.4) is 0 Å². The monoisotopic (exact) mass is 402 g/mol. The average Bonchev–Trinajstić information content (AvgIpc) is 3.14. The number of anilines is 1. The van der Waals surface area contributed by atoms with Crippen molar-refractivity contribution in [2.75, 3.05) is 38.2 Å². The molecule has 0 aromatic heterocycles. The summed E-state index contributed by atoms with van der Waals surface area (Å²) in [5.41, 5.74) is 0.139. The van der Waals surface area contributed by atoms with Crippen molar-refractivity contribution in [3.8, 4) is 5.75 Å². The van der Waals surface area contributed by atoms with Crippen molar-refractivity contribution in [1.29, 1.82) is 0 Å². The highest BCUT2D eigenvalue weighted by molar-refractivity contribution is 5.97. The van der Waals surface area contributed by atoms with Gasteiger partial charge in [0.25, 0.3) is 5.91 Å². The minimum atomic E-state index is -0.669. The molecular weight excluding hydrogens is 364 g/mol. The van der Waals surface area contributed by atoms with Gasteiger partial charge in [0, 0.05) is 18.8 Å². The summed E-state index contributed by atoms with van der Waals surface area (Å²) in [5, 5.41) is 3.09. The van der Waals surface area contributed by atoms with Crippen LogP contribution < -0.4 is 10.1 Å². The van der Waals surface area contributed by atoms with Crippen molar-refractivity contribution in [3.05, 3.63) is 24.3 Å². The van der Waals surface area contributed by atoms with E-state index in [-0.39, 0.29) is 5.91 Å². The molecular formula is C24H38N2O3. The number of amides is 1. The SMILES string of the molecule is CCCOC1(C(=O)Nc2ccc(OCCCN3CCCC3)cc2)CCCCCC1. The van der Waals surface area contributed by atoms with Gasteiger partial charge in [0.2, 0.25) is 0 Å². The number of likely N-dealkylation sites (tertiary alicyclic amines) is 1. The van der Waals surface area contributed by atoms with Crippen molar-refractivity contribution in [2.45, 2.75) is 76.7 Å². The Morgan fingerprint density at radius 2 is 1.69 bits per heavy atom. The molecule has 1 saturated carbocycles. The Labute approximate surface area is 176 Å². The van der Waals surface area contributed by atoms with Crippen LogP contribution in [0.2, 0.25) is 0 Å². The predicted molar refractivity (Wildman–Crippen MR) is 118 cm³/mol. The van der Waals surface area contributed by atoms with Crippen LogP contribution in [0.1, 0.15) is 71.1 Å². The fraction of sp³-hybridized carbons (Fsp3) is 0.708. The third-order valence-corrected chi connectivity index (χ3v) is 6.11. The first kappa shape index (κ1) is 22.1. The largest absolute Gasteiger partial charge is 0.494 e. The number of ether oxygens (including phenoxy) is 2. The van der Waals surface area contributed by atoms with E-state index in [4.69, 9.17) is 9.47 Å². The second kappa shape index (κ2) is 11.6. The highest BCUT2D eigenvalue weighted by atomic mass is 16.5. The summed E-state index contributed by atoms with van der Waals surface area (Å²) in [6.07, 6.45) is 10.8. The maximum Gasteiger partial charge on any atom is 0.256 e. The van der Waals surface area contributed by atoms with E-state index in [1.54, 1.807) is 0 Å². The lowest BCUT2D eigenvalue weighted by molar-refractivity contribution is -0.143. The van der Waals surface area contributed by atoms with Crippen LogP contribution >= 0.6 is 0 Å². The summed E-state index contributed by atoms with van der Waals surface area (Å²) in [6.45, 7) is 7.05. The maximum atomic E-state index is 13.1. The Bertz CT molecular complexity index is 603. The number of rotatable bonds is 10. The zero-order chi connectivity index (χ0) is 20.4. The van der Waals surface area contributed by atoms with Gasteiger partial charge in [-0.05, 0) is 75.9 Å². The van der Waals surface area contributed by atoms with Crippen LogP contribution in [0.15, 0.2) is 24.3 Å². The molecule has 1 N–H and O–H groups in total. The van der Waals surface area contributed by atoms with E-state index in [9.17, 15) is 4.79 Å². The lowest BCUT2D eigenvalue weighted by atomic mass is 9.92. The molecule has 1 aliphatic heterocycles. The topological polar surface area (TPSA) is 50.8 Å². The molecule has 1 aliphatic carbocycles. The third-order valence-electron chi connectivity index (χ3n) is 6.11. The van der Waals surface area contributed by atoms with Gasteiger partial charge in [-0.2, -0.15) is 0 Å². The number of nitrogens with one attached hydrogen (secondary N) is 1. The fourth-order valence-corrected chi connectivity index (χ4v) is 4.40. The standard InChI is InChI=1S/C24H38N2O3/c1-2-19-29-24(14-5-3-4-6-15-24)23(27)25-21-10-12-22(13-11-21)28-20-9-18-26-16-7-8-17-26/h10-13H,2-9,14-20H2,1H3,(H,25,27). The molecule has 1 aromatic rings. The van der Waals surface area contributed by atoms with Gasteiger partial charge in [-0.3, -0.25) is 4.79 Å². The first-order valence-corrected chi connectivity index (χ1v) is 11.6. The van der Waals surface area contributed by atoms with Crippen LogP contribution in [-0.2, 0) is 9.53 Å². The van der Waals surface area contributed by atoms with E-state index in [1.165, 1.54) is 38.8 Å². The van der Waals surface area contributed by atoms with Gasteiger partial charge in [-0.25, -0.2) is 0 Å². The Morgan fingerprint density at radius 1 is 1.00 bits per heavy atom. The van der Waals surface area contributed by atoms with E-state index in [0.29, 0.717) is 6.61 Å². The maximum absolute atomic E-state index is 13.1. The summed E-state index contributed by atoms with van der Waals surface area (Å²) in [5.74, 6) is 0.864. The van der Waals surface area contributed by atoms with Crippen molar-refractivity contribution in [3.63, 3.8) is 0 Å². The number of benzene rings is 1. The Morgan fingerprint density at radius 3 is 2.34 bits per heavy atom. The quantitative estimate of drug-likeness (QED) is 0.441. The molecule has 2 fully saturated rings. The summed E-state index contributed by atoms with van der Waals surface area (Å²) in [6, 6.07) is 7.74. The lowest BCUT2D eigenvalue weighted by Crippen LogP contribution is -2.45. The van der Waals surface area contributed by atoms with Crippen molar-refractivity contribution >= 4 is 11.6 Å². The summed E-state index contributed by atoms with van der Waals surface area (Å²) in [7, 11) is 0. The normalized spacial score (nSPS) is 19.6. The molecule has 0 radical (unpaired) electrons. The minimum absolute atomic E-state index is 0.00660. The average molecular weight is 403 g/mol. The first-order chi connectivity index (χ1) is 14.2. The fourth-order valence-electron chi connectivity index (χ4n) is 4.40. The van der Waals surface area contributed by atoms with Crippen molar-refractivity contribution in [2.24, 2.45) is 0 Å². The number of carbonyl (C=O) groups is 1. The lowest BCUT2D eigenvalue weighted by Gasteiger charge is -2.31. The predicted octanol–water partition coefficient (Wildman–Crippen LogP) is 5.01.